The van der Waals surface area contributed by atoms with Crippen molar-refractivity contribution in [3.8, 4) is 0 Å². The first-order valence-corrected chi connectivity index (χ1v) is 7.45. The van der Waals surface area contributed by atoms with E-state index in [1.54, 1.807) is 0 Å². The molecule has 1 saturated heterocycles. The number of piperazine rings is 1. The van der Waals surface area contributed by atoms with Gasteiger partial charge in [0.15, 0.2) is 0 Å². The summed E-state index contributed by atoms with van der Waals surface area (Å²) in [6.45, 7) is 11.6. The van der Waals surface area contributed by atoms with Gasteiger partial charge in [-0.25, -0.2) is 0 Å². The third-order valence-electron chi connectivity index (χ3n) is 4.09. The second-order valence-corrected chi connectivity index (χ2v) is 5.79. The number of likely N-dealkylation sites (N-methyl/N-ethyl adjacent to an activating group) is 1. The van der Waals surface area contributed by atoms with E-state index in [9.17, 15) is 0 Å². The number of nitrogens with zero attached hydrogens (tertiary/aromatic N) is 3. The minimum Gasteiger partial charge on any atom is -0.330 e. The highest BCUT2D eigenvalue weighted by molar-refractivity contribution is 4.73. The van der Waals surface area contributed by atoms with E-state index in [1.165, 1.54) is 58.7 Å². The molecule has 18 heavy (non-hydrogen) atoms. The SMILES string of the molecule is CCC(CN)CCN1CCN(CCN(C)C)CC1. The van der Waals surface area contributed by atoms with Gasteiger partial charge in [0.2, 0.25) is 0 Å². The average molecular weight is 256 g/mol. The highest BCUT2D eigenvalue weighted by Crippen LogP contribution is 2.09. The number of rotatable bonds is 8. The molecule has 4 heteroatoms. The van der Waals surface area contributed by atoms with Crippen LogP contribution >= 0.6 is 0 Å². The third-order valence-corrected chi connectivity index (χ3v) is 4.09. The Morgan fingerprint density at radius 1 is 1.06 bits per heavy atom. The summed E-state index contributed by atoms with van der Waals surface area (Å²) in [5.41, 5.74) is 5.76. The van der Waals surface area contributed by atoms with Crippen molar-refractivity contribution < 1.29 is 0 Å². The van der Waals surface area contributed by atoms with Crippen molar-refractivity contribution in [3.63, 3.8) is 0 Å². The van der Waals surface area contributed by atoms with E-state index in [0.29, 0.717) is 0 Å². The molecule has 0 radical (unpaired) electrons. The zero-order valence-electron chi connectivity index (χ0n) is 12.6. The van der Waals surface area contributed by atoms with Crippen LogP contribution in [0.5, 0.6) is 0 Å². The molecule has 0 saturated carbocycles. The van der Waals surface area contributed by atoms with Crippen molar-refractivity contribution in [3.05, 3.63) is 0 Å². The van der Waals surface area contributed by atoms with Crippen molar-refractivity contribution in [2.24, 2.45) is 11.7 Å². The third kappa shape index (κ3) is 6.14. The Labute approximate surface area is 113 Å². The standard InChI is InChI=1S/C14H32N4/c1-4-14(13-15)5-6-17-9-11-18(12-10-17)8-7-16(2)3/h14H,4-13,15H2,1-3H3. The highest BCUT2D eigenvalue weighted by atomic mass is 15.3. The quantitative estimate of drug-likeness (QED) is 0.688. The molecule has 1 fully saturated rings. The molecular weight excluding hydrogens is 224 g/mol. The smallest absolute Gasteiger partial charge is 0.0110 e. The molecule has 108 valence electrons. The van der Waals surface area contributed by atoms with Gasteiger partial charge in [0.1, 0.15) is 0 Å². The maximum Gasteiger partial charge on any atom is 0.0110 e. The molecule has 1 aliphatic rings. The molecule has 1 heterocycles. The molecule has 1 atom stereocenters. The van der Waals surface area contributed by atoms with Crippen LogP contribution in [0.15, 0.2) is 0 Å². The Kier molecular flexibility index (Phi) is 7.82. The van der Waals surface area contributed by atoms with Gasteiger partial charge in [-0.15, -0.1) is 0 Å². The van der Waals surface area contributed by atoms with E-state index in [1.807, 2.05) is 0 Å². The molecule has 0 aromatic carbocycles. The fourth-order valence-corrected chi connectivity index (χ4v) is 2.43. The first-order chi connectivity index (χ1) is 8.65. The maximum absolute atomic E-state index is 5.76. The second kappa shape index (κ2) is 8.86. The first kappa shape index (κ1) is 15.9. The minimum atomic E-state index is 0.719. The summed E-state index contributed by atoms with van der Waals surface area (Å²) in [7, 11) is 4.29. The Bertz CT molecular complexity index is 196. The molecule has 1 aliphatic heterocycles. The normalized spacial score (nSPS) is 20.5. The Hall–Kier alpha value is -0.160. The van der Waals surface area contributed by atoms with Gasteiger partial charge in [0, 0.05) is 39.3 Å². The van der Waals surface area contributed by atoms with E-state index >= 15 is 0 Å². The summed E-state index contributed by atoms with van der Waals surface area (Å²) in [6, 6.07) is 0. The molecule has 0 amide bonds. The Morgan fingerprint density at radius 2 is 1.61 bits per heavy atom. The lowest BCUT2D eigenvalue weighted by atomic mass is 10.0. The summed E-state index contributed by atoms with van der Waals surface area (Å²) in [4.78, 5) is 7.45. The second-order valence-electron chi connectivity index (χ2n) is 5.79. The summed E-state index contributed by atoms with van der Waals surface area (Å²) in [6.07, 6.45) is 2.49. The fraction of sp³-hybridized carbons (Fsp3) is 1.00. The molecule has 2 N–H and O–H groups in total. The molecule has 4 nitrogen and oxygen atoms in total. The van der Waals surface area contributed by atoms with Crippen molar-refractivity contribution >= 4 is 0 Å². The first-order valence-electron chi connectivity index (χ1n) is 7.45. The topological polar surface area (TPSA) is 35.7 Å². The molecule has 0 spiro atoms. The lowest BCUT2D eigenvalue weighted by Crippen LogP contribution is -2.48. The van der Waals surface area contributed by atoms with E-state index in [0.717, 1.165) is 12.5 Å². The van der Waals surface area contributed by atoms with Crippen LogP contribution in [0, 0.1) is 5.92 Å². The van der Waals surface area contributed by atoms with Crippen LogP contribution in [0.2, 0.25) is 0 Å². The molecule has 1 unspecified atom stereocenters. The van der Waals surface area contributed by atoms with Crippen molar-refractivity contribution in [1.82, 2.24) is 14.7 Å². The van der Waals surface area contributed by atoms with Gasteiger partial charge in [-0.2, -0.15) is 0 Å². The molecule has 1 rings (SSSR count). The minimum absolute atomic E-state index is 0.719. The van der Waals surface area contributed by atoms with Crippen LogP contribution in [0.25, 0.3) is 0 Å². The lowest BCUT2D eigenvalue weighted by Gasteiger charge is -2.35. The van der Waals surface area contributed by atoms with Gasteiger partial charge < -0.3 is 15.5 Å². The zero-order chi connectivity index (χ0) is 13.4. The van der Waals surface area contributed by atoms with Gasteiger partial charge in [-0.1, -0.05) is 13.3 Å². The van der Waals surface area contributed by atoms with E-state index in [4.69, 9.17) is 5.73 Å². The van der Waals surface area contributed by atoms with Gasteiger partial charge in [-0.05, 0) is 39.5 Å². The van der Waals surface area contributed by atoms with Crippen LogP contribution in [-0.4, -0.2) is 81.2 Å². The molecular formula is C14H32N4. The lowest BCUT2D eigenvalue weighted by molar-refractivity contribution is 0.120. The molecule has 0 bridgehead atoms. The van der Waals surface area contributed by atoms with E-state index in [2.05, 4.69) is 35.7 Å². The average Bonchev–Trinajstić information content (AvgIpc) is 2.39. The zero-order valence-corrected chi connectivity index (χ0v) is 12.6. The maximum atomic E-state index is 5.76. The van der Waals surface area contributed by atoms with Crippen LogP contribution in [0.4, 0.5) is 0 Å². The molecule has 0 aliphatic carbocycles. The van der Waals surface area contributed by atoms with Gasteiger partial charge in [0.25, 0.3) is 0 Å². The van der Waals surface area contributed by atoms with Crippen molar-refractivity contribution in [1.29, 1.82) is 0 Å². The van der Waals surface area contributed by atoms with Crippen molar-refractivity contribution in [2.45, 2.75) is 19.8 Å². The monoisotopic (exact) mass is 256 g/mol. The molecule has 0 aromatic heterocycles. The summed E-state index contributed by atoms with van der Waals surface area (Å²) in [5.74, 6) is 0.719. The predicted octanol–water partition coefficient (Wildman–Crippen LogP) is 0.541. The fourth-order valence-electron chi connectivity index (χ4n) is 2.43. The van der Waals surface area contributed by atoms with Crippen LogP contribution in [0.1, 0.15) is 19.8 Å². The van der Waals surface area contributed by atoms with Gasteiger partial charge in [-0.3, -0.25) is 4.90 Å². The Morgan fingerprint density at radius 3 is 2.06 bits per heavy atom. The number of hydrogen-bond donors (Lipinski definition) is 1. The van der Waals surface area contributed by atoms with Crippen LogP contribution in [-0.2, 0) is 0 Å². The number of hydrogen-bond acceptors (Lipinski definition) is 4. The van der Waals surface area contributed by atoms with Crippen LogP contribution in [0.3, 0.4) is 0 Å². The van der Waals surface area contributed by atoms with Crippen molar-refractivity contribution in [2.75, 3.05) is 66.5 Å². The number of nitrogens with two attached hydrogens (primary N) is 1. The van der Waals surface area contributed by atoms with Gasteiger partial charge >= 0.3 is 0 Å². The largest absolute Gasteiger partial charge is 0.330 e. The predicted molar refractivity (Wildman–Crippen MR) is 78.9 cm³/mol. The van der Waals surface area contributed by atoms with Gasteiger partial charge in [0.05, 0.1) is 0 Å². The van der Waals surface area contributed by atoms with E-state index in [-0.39, 0.29) is 0 Å². The summed E-state index contributed by atoms with van der Waals surface area (Å²) >= 11 is 0. The summed E-state index contributed by atoms with van der Waals surface area (Å²) in [5, 5.41) is 0. The van der Waals surface area contributed by atoms with E-state index < -0.39 is 0 Å². The van der Waals surface area contributed by atoms with Crippen LogP contribution < -0.4 is 5.73 Å². The highest BCUT2D eigenvalue weighted by Gasteiger charge is 2.17. The summed E-state index contributed by atoms with van der Waals surface area (Å²) < 4.78 is 0. The molecule has 0 aromatic rings. The Balaban J connectivity index is 2.11.